The van der Waals surface area contributed by atoms with Gasteiger partial charge in [0.05, 0.1) is 0 Å². The van der Waals surface area contributed by atoms with Crippen molar-refractivity contribution < 1.29 is 4.74 Å². The van der Waals surface area contributed by atoms with Crippen molar-refractivity contribution in [2.45, 2.75) is 82.3 Å². The number of rotatable bonds is 4. The summed E-state index contributed by atoms with van der Waals surface area (Å²) in [6, 6.07) is 0. The molecule has 1 aromatic rings. The molecule has 25 heavy (non-hydrogen) atoms. The lowest BCUT2D eigenvalue weighted by Crippen LogP contribution is -2.55. The van der Waals surface area contributed by atoms with E-state index in [0.29, 0.717) is 11.6 Å². The normalized spacial score (nSPS) is 37.2. The molecule has 0 aliphatic heterocycles. The molecule has 0 radical (unpaired) electrons. The Balaban J connectivity index is 1.35. The van der Waals surface area contributed by atoms with Crippen LogP contribution in [0.3, 0.4) is 0 Å². The van der Waals surface area contributed by atoms with Gasteiger partial charge in [-0.1, -0.05) is 6.42 Å². The molecule has 1 aromatic heterocycles. The lowest BCUT2D eigenvalue weighted by molar-refractivity contribution is 0.0105. The Kier molecular flexibility index (Phi) is 3.79. The van der Waals surface area contributed by atoms with E-state index in [1.165, 1.54) is 57.8 Å². The summed E-state index contributed by atoms with van der Waals surface area (Å²) in [7, 11) is 0. The van der Waals surface area contributed by atoms with Crippen molar-refractivity contribution in [2.24, 2.45) is 17.8 Å². The van der Waals surface area contributed by atoms with Crippen LogP contribution >= 0.6 is 0 Å². The van der Waals surface area contributed by atoms with E-state index in [-0.39, 0.29) is 11.6 Å². The maximum atomic E-state index is 6.42. The molecule has 5 nitrogen and oxygen atoms in total. The van der Waals surface area contributed by atoms with Crippen LogP contribution in [0.2, 0.25) is 0 Å². The molecular weight excluding hydrogens is 312 g/mol. The van der Waals surface area contributed by atoms with Gasteiger partial charge in [-0.2, -0.15) is 4.98 Å². The zero-order valence-electron chi connectivity index (χ0n) is 15.0. The van der Waals surface area contributed by atoms with Crippen LogP contribution in [-0.2, 0) is 0 Å². The van der Waals surface area contributed by atoms with E-state index in [2.05, 4.69) is 15.3 Å². The topological polar surface area (TPSA) is 73.1 Å². The number of hydrogen-bond donors (Lipinski definition) is 2. The van der Waals surface area contributed by atoms with E-state index in [4.69, 9.17) is 10.5 Å². The molecule has 5 saturated carbocycles. The predicted octanol–water partition coefficient (Wildman–Crippen LogP) is 4.15. The van der Waals surface area contributed by atoms with Crippen LogP contribution in [0, 0.1) is 17.8 Å². The fourth-order valence-corrected chi connectivity index (χ4v) is 6.43. The van der Waals surface area contributed by atoms with Gasteiger partial charge in [0.25, 0.3) is 0 Å². The Bertz CT molecular complexity index is 605. The van der Waals surface area contributed by atoms with Crippen LogP contribution in [0.5, 0.6) is 5.88 Å². The van der Waals surface area contributed by atoms with E-state index < -0.39 is 0 Å². The minimum Gasteiger partial charge on any atom is -0.473 e. The Morgan fingerprint density at radius 1 is 0.960 bits per heavy atom. The number of nitrogens with zero attached hydrogens (tertiary/aromatic N) is 2. The first-order chi connectivity index (χ1) is 12.2. The van der Waals surface area contributed by atoms with Gasteiger partial charge in [-0.15, -0.1) is 0 Å². The van der Waals surface area contributed by atoms with Crippen molar-refractivity contribution in [3.63, 3.8) is 0 Å². The number of nitrogens with one attached hydrogen (secondary N) is 1. The summed E-state index contributed by atoms with van der Waals surface area (Å²) in [5, 5.41) is 3.78. The van der Waals surface area contributed by atoms with Crippen molar-refractivity contribution in [1.82, 2.24) is 9.97 Å². The minimum atomic E-state index is 0.208. The van der Waals surface area contributed by atoms with E-state index in [1.807, 2.05) is 0 Å². The van der Waals surface area contributed by atoms with Crippen LogP contribution in [0.25, 0.3) is 0 Å². The number of nitrogen functional groups attached to an aromatic ring is 1. The quantitative estimate of drug-likeness (QED) is 0.860. The number of ether oxygens (including phenoxy) is 1. The van der Waals surface area contributed by atoms with Crippen molar-refractivity contribution in [1.29, 1.82) is 0 Å². The average Bonchev–Trinajstić information content (AvgIpc) is 2.58. The van der Waals surface area contributed by atoms with Crippen molar-refractivity contribution in [3.05, 3.63) is 6.33 Å². The summed E-state index contributed by atoms with van der Waals surface area (Å²) < 4.78 is 6.13. The average molecular weight is 342 g/mol. The molecule has 0 unspecified atom stereocenters. The zero-order chi connectivity index (χ0) is 16.9. The molecule has 136 valence electrons. The lowest BCUT2D eigenvalue weighted by Gasteiger charge is -2.57. The summed E-state index contributed by atoms with van der Waals surface area (Å²) >= 11 is 0. The van der Waals surface area contributed by atoms with Gasteiger partial charge in [0.1, 0.15) is 18.1 Å². The Morgan fingerprint density at radius 3 is 2.24 bits per heavy atom. The van der Waals surface area contributed by atoms with E-state index in [9.17, 15) is 0 Å². The molecule has 0 spiro atoms. The molecule has 5 aliphatic carbocycles. The van der Waals surface area contributed by atoms with Crippen LogP contribution in [-0.4, -0.2) is 21.6 Å². The Labute approximate surface area is 150 Å². The number of nitrogens with two attached hydrogens (primary N) is 1. The molecule has 6 rings (SSSR count). The van der Waals surface area contributed by atoms with E-state index >= 15 is 0 Å². The summed E-state index contributed by atoms with van der Waals surface area (Å²) in [6.45, 7) is 0. The smallest absolute Gasteiger partial charge is 0.242 e. The predicted molar refractivity (Wildman–Crippen MR) is 98.5 cm³/mol. The molecular formula is C20H30N4O. The molecule has 5 heteroatoms. The number of aromatic nitrogens is 2. The van der Waals surface area contributed by atoms with Crippen LogP contribution in [0.4, 0.5) is 11.5 Å². The molecule has 3 N–H and O–H groups in total. The monoisotopic (exact) mass is 342 g/mol. The van der Waals surface area contributed by atoms with Gasteiger partial charge in [-0.3, -0.25) is 0 Å². The zero-order valence-corrected chi connectivity index (χ0v) is 15.0. The summed E-state index contributed by atoms with van der Waals surface area (Å²) in [5.41, 5.74) is 7.23. The van der Waals surface area contributed by atoms with Crippen LogP contribution < -0.4 is 15.8 Å². The van der Waals surface area contributed by atoms with Crippen LogP contribution in [0.1, 0.15) is 70.6 Å². The highest BCUT2D eigenvalue weighted by molar-refractivity contribution is 5.67. The summed E-state index contributed by atoms with van der Waals surface area (Å²) in [6.07, 6.45) is 16.1. The molecule has 4 bridgehead atoms. The number of anilines is 2. The maximum absolute atomic E-state index is 6.42. The summed E-state index contributed by atoms with van der Waals surface area (Å²) in [5.74, 6) is 4.08. The first kappa shape index (κ1) is 15.7. The van der Waals surface area contributed by atoms with Crippen molar-refractivity contribution in [3.8, 4) is 5.88 Å². The standard InChI is InChI=1S/C20H30N4O/c21-17-18(22-12-23-19(17)25-16-4-2-1-3-5-16)24-20-9-13-6-14(10-20)8-15(7-13)11-20/h12-16H,1-11,21H2,(H,22,23,24). The lowest BCUT2D eigenvalue weighted by atomic mass is 9.53. The van der Waals surface area contributed by atoms with Crippen LogP contribution in [0.15, 0.2) is 6.33 Å². The highest BCUT2D eigenvalue weighted by atomic mass is 16.5. The first-order valence-corrected chi connectivity index (χ1v) is 10.2. The highest BCUT2D eigenvalue weighted by Crippen LogP contribution is 2.56. The van der Waals surface area contributed by atoms with Gasteiger partial charge in [-0.05, 0) is 82.0 Å². The fraction of sp³-hybridized carbons (Fsp3) is 0.800. The minimum absolute atomic E-state index is 0.208. The maximum Gasteiger partial charge on any atom is 0.242 e. The second-order valence-corrected chi connectivity index (χ2v) is 9.14. The molecule has 0 aromatic carbocycles. The van der Waals surface area contributed by atoms with Crippen molar-refractivity contribution >= 4 is 11.5 Å². The molecule has 5 fully saturated rings. The Hall–Kier alpha value is -1.52. The van der Waals surface area contributed by atoms with Gasteiger partial charge in [-0.25, -0.2) is 4.98 Å². The second kappa shape index (κ2) is 6.03. The largest absolute Gasteiger partial charge is 0.473 e. The summed E-state index contributed by atoms with van der Waals surface area (Å²) in [4.78, 5) is 8.81. The van der Waals surface area contributed by atoms with E-state index in [0.717, 1.165) is 36.4 Å². The highest BCUT2D eigenvalue weighted by Gasteiger charge is 2.51. The second-order valence-electron chi connectivity index (χ2n) is 9.14. The molecule has 0 saturated heterocycles. The number of hydrogen-bond acceptors (Lipinski definition) is 5. The molecule has 5 aliphatic rings. The molecule has 1 heterocycles. The van der Waals surface area contributed by atoms with Gasteiger partial charge in [0.15, 0.2) is 5.82 Å². The van der Waals surface area contributed by atoms with Gasteiger partial charge in [0.2, 0.25) is 5.88 Å². The van der Waals surface area contributed by atoms with Crippen molar-refractivity contribution in [2.75, 3.05) is 11.1 Å². The Morgan fingerprint density at radius 2 is 1.60 bits per heavy atom. The molecule has 0 atom stereocenters. The van der Waals surface area contributed by atoms with E-state index in [1.54, 1.807) is 6.33 Å². The fourth-order valence-electron chi connectivity index (χ4n) is 6.43. The van der Waals surface area contributed by atoms with Gasteiger partial charge < -0.3 is 15.8 Å². The third-order valence-electron chi connectivity index (χ3n) is 7.10. The first-order valence-electron chi connectivity index (χ1n) is 10.2. The molecule has 0 amide bonds. The SMILES string of the molecule is Nc1c(NC23CC4CC(CC(C4)C2)C3)ncnc1OC1CCCCC1. The van der Waals surface area contributed by atoms with Gasteiger partial charge >= 0.3 is 0 Å². The third kappa shape index (κ3) is 2.96. The van der Waals surface area contributed by atoms with Gasteiger partial charge in [0, 0.05) is 5.54 Å². The third-order valence-corrected chi connectivity index (χ3v) is 7.10.